The van der Waals surface area contributed by atoms with Crippen molar-refractivity contribution in [1.29, 1.82) is 0 Å². The maximum Gasteiger partial charge on any atom is 0.410 e. The Morgan fingerprint density at radius 1 is 1.41 bits per heavy atom. The van der Waals surface area contributed by atoms with Crippen LogP contribution in [0.1, 0.15) is 27.7 Å². The minimum atomic E-state index is -0.478. The van der Waals surface area contributed by atoms with Gasteiger partial charge in [-0.05, 0) is 26.7 Å². The molecule has 6 nitrogen and oxygen atoms in total. The van der Waals surface area contributed by atoms with Crippen molar-refractivity contribution in [3.05, 3.63) is 0 Å². The Morgan fingerprint density at radius 3 is 2.35 bits per heavy atom. The fraction of sp³-hybridized carbons (Fsp3) is 0.818. The molecule has 0 aromatic heterocycles. The fourth-order valence-electron chi connectivity index (χ4n) is 1.20. The van der Waals surface area contributed by atoms with Gasteiger partial charge in [0.15, 0.2) is 5.96 Å². The molecule has 0 bridgehead atoms. The summed E-state index contributed by atoms with van der Waals surface area (Å²) in [6.07, 6.45) is -0.339. The third-order valence-corrected chi connectivity index (χ3v) is 1.88. The molecule has 1 atom stereocenters. The van der Waals surface area contributed by atoms with E-state index in [0.717, 1.165) is 0 Å². The smallest absolute Gasteiger partial charge is 0.410 e. The van der Waals surface area contributed by atoms with Crippen LogP contribution in [0.15, 0.2) is 4.99 Å². The Kier molecular flexibility index (Phi) is 5.78. The van der Waals surface area contributed by atoms with E-state index >= 15 is 0 Å². The van der Waals surface area contributed by atoms with Crippen LogP contribution >= 0.6 is 0 Å². The first-order chi connectivity index (χ1) is 7.61. The minimum Gasteiger partial charge on any atom is -0.444 e. The molecule has 0 aromatic rings. The van der Waals surface area contributed by atoms with Crippen LogP contribution in [0.3, 0.4) is 0 Å². The first-order valence-corrected chi connectivity index (χ1v) is 5.61. The zero-order chi connectivity index (χ0) is 13.6. The maximum atomic E-state index is 11.7. The molecule has 1 amide bonds. The van der Waals surface area contributed by atoms with Crippen molar-refractivity contribution in [2.45, 2.75) is 33.3 Å². The third kappa shape index (κ3) is 8.36. The summed E-state index contributed by atoms with van der Waals surface area (Å²) in [5, 5.41) is 0. The van der Waals surface area contributed by atoms with E-state index in [0.29, 0.717) is 13.1 Å². The summed E-state index contributed by atoms with van der Waals surface area (Å²) in [4.78, 5) is 17.1. The molecule has 0 rings (SSSR count). The zero-order valence-electron chi connectivity index (χ0n) is 11.4. The minimum absolute atomic E-state index is 0.0665. The van der Waals surface area contributed by atoms with Crippen molar-refractivity contribution >= 4 is 12.1 Å². The monoisotopic (exact) mass is 244 g/mol. The SMILES string of the molecule is CC(CN=C(N)N)CN(C)C(=O)OC(C)(C)C. The van der Waals surface area contributed by atoms with Crippen molar-refractivity contribution in [1.82, 2.24) is 4.90 Å². The number of guanidine groups is 1. The van der Waals surface area contributed by atoms with E-state index in [1.54, 1.807) is 7.05 Å². The van der Waals surface area contributed by atoms with Crippen molar-refractivity contribution in [2.75, 3.05) is 20.1 Å². The zero-order valence-corrected chi connectivity index (χ0v) is 11.4. The van der Waals surface area contributed by atoms with Gasteiger partial charge in [-0.1, -0.05) is 6.92 Å². The molecule has 1 unspecified atom stereocenters. The van der Waals surface area contributed by atoms with Gasteiger partial charge in [0.2, 0.25) is 0 Å². The number of aliphatic imine (C=N–C) groups is 1. The Hall–Kier alpha value is -1.46. The van der Waals surface area contributed by atoms with Crippen molar-refractivity contribution in [2.24, 2.45) is 22.4 Å². The number of amides is 1. The lowest BCUT2D eigenvalue weighted by Crippen LogP contribution is -2.37. The summed E-state index contributed by atoms with van der Waals surface area (Å²) in [6.45, 7) is 8.51. The van der Waals surface area contributed by atoms with E-state index in [2.05, 4.69) is 4.99 Å². The lowest BCUT2D eigenvalue weighted by atomic mass is 10.2. The van der Waals surface area contributed by atoms with Crippen LogP contribution < -0.4 is 11.5 Å². The number of ether oxygens (including phenoxy) is 1. The Labute approximate surface area is 103 Å². The van der Waals surface area contributed by atoms with Crippen molar-refractivity contribution < 1.29 is 9.53 Å². The fourth-order valence-corrected chi connectivity index (χ4v) is 1.20. The molecule has 0 radical (unpaired) electrons. The van der Waals surface area contributed by atoms with Gasteiger partial charge in [-0.2, -0.15) is 0 Å². The molecular formula is C11H24N4O2. The highest BCUT2D eigenvalue weighted by Crippen LogP contribution is 2.10. The van der Waals surface area contributed by atoms with Gasteiger partial charge >= 0.3 is 6.09 Å². The molecule has 17 heavy (non-hydrogen) atoms. The molecule has 0 aliphatic rings. The lowest BCUT2D eigenvalue weighted by Gasteiger charge is -2.26. The summed E-state index contributed by atoms with van der Waals surface area (Å²) in [7, 11) is 1.69. The van der Waals surface area contributed by atoms with Crippen molar-refractivity contribution in [3.8, 4) is 0 Å². The molecule has 0 saturated heterocycles. The highest BCUT2D eigenvalue weighted by atomic mass is 16.6. The number of nitrogens with two attached hydrogens (primary N) is 2. The van der Waals surface area contributed by atoms with Gasteiger partial charge in [0.05, 0.1) is 0 Å². The van der Waals surface area contributed by atoms with E-state index in [4.69, 9.17) is 16.2 Å². The summed E-state index contributed by atoms with van der Waals surface area (Å²) in [6, 6.07) is 0. The molecule has 0 fully saturated rings. The van der Waals surface area contributed by atoms with Crippen LogP contribution in [-0.2, 0) is 4.74 Å². The van der Waals surface area contributed by atoms with Crippen LogP contribution in [0.2, 0.25) is 0 Å². The first kappa shape index (κ1) is 15.5. The van der Waals surface area contributed by atoms with Gasteiger partial charge in [0.25, 0.3) is 0 Å². The maximum absolute atomic E-state index is 11.7. The molecule has 100 valence electrons. The second-order valence-electron chi connectivity index (χ2n) is 5.23. The summed E-state index contributed by atoms with van der Waals surface area (Å²) < 4.78 is 5.23. The summed E-state index contributed by atoms with van der Waals surface area (Å²) >= 11 is 0. The first-order valence-electron chi connectivity index (χ1n) is 5.61. The van der Waals surface area contributed by atoms with E-state index in [1.807, 2.05) is 27.7 Å². The topological polar surface area (TPSA) is 93.9 Å². The van der Waals surface area contributed by atoms with Crippen LogP contribution in [0, 0.1) is 5.92 Å². The van der Waals surface area contributed by atoms with E-state index in [9.17, 15) is 4.79 Å². The van der Waals surface area contributed by atoms with Crippen LogP contribution in [0.4, 0.5) is 4.79 Å². The van der Waals surface area contributed by atoms with Gasteiger partial charge in [-0.25, -0.2) is 4.79 Å². The van der Waals surface area contributed by atoms with Gasteiger partial charge in [0.1, 0.15) is 5.60 Å². The van der Waals surface area contributed by atoms with E-state index in [-0.39, 0.29) is 18.0 Å². The molecular weight excluding hydrogens is 220 g/mol. The highest BCUT2D eigenvalue weighted by molar-refractivity contribution is 5.75. The number of rotatable bonds is 4. The van der Waals surface area contributed by atoms with Crippen LogP contribution in [0.25, 0.3) is 0 Å². The Morgan fingerprint density at radius 2 is 1.94 bits per heavy atom. The van der Waals surface area contributed by atoms with E-state index < -0.39 is 5.60 Å². The quantitative estimate of drug-likeness (QED) is 0.564. The number of nitrogens with zero attached hydrogens (tertiary/aromatic N) is 2. The average molecular weight is 244 g/mol. The number of carbonyl (C=O) groups excluding carboxylic acids is 1. The molecule has 0 aliphatic carbocycles. The van der Waals surface area contributed by atoms with Crippen molar-refractivity contribution in [3.63, 3.8) is 0 Å². The van der Waals surface area contributed by atoms with Gasteiger partial charge < -0.3 is 21.1 Å². The molecule has 0 spiro atoms. The standard InChI is InChI=1S/C11H24N4O2/c1-8(6-14-9(12)13)7-15(5)10(16)17-11(2,3)4/h8H,6-7H2,1-5H3,(H4,12,13,14). The third-order valence-electron chi connectivity index (χ3n) is 1.88. The largest absolute Gasteiger partial charge is 0.444 e. The van der Waals surface area contributed by atoms with E-state index in [1.165, 1.54) is 4.90 Å². The number of hydrogen-bond acceptors (Lipinski definition) is 3. The summed E-state index contributed by atoms with van der Waals surface area (Å²) in [5.41, 5.74) is 10.00. The molecule has 0 aliphatic heterocycles. The summed E-state index contributed by atoms with van der Waals surface area (Å²) in [5.74, 6) is 0.242. The van der Waals surface area contributed by atoms with Gasteiger partial charge in [-0.15, -0.1) is 0 Å². The second kappa shape index (κ2) is 6.32. The lowest BCUT2D eigenvalue weighted by molar-refractivity contribution is 0.0279. The number of carbonyl (C=O) groups is 1. The second-order valence-corrected chi connectivity index (χ2v) is 5.23. The number of hydrogen-bond donors (Lipinski definition) is 2. The highest BCUT2D eigenvalue weighted by Gasteiger charge is 2.20. The molecule has 4 N–H and O–H groups in total. The predicted octanol–water partition coefficient (Wildman–Crippen LogP) is 0.763. The Balaban J connectivity index is 4.12. The van der Waals surface area contributed by atoms with Gasteiger partial charge in [0, 0.05) is 20.1 Å². The van der Waals surface area contributed by atoms with Gasteiger partial charge in [-0.3, -0.25) is 4.99 Å². The van der Waals surface area contributed by atoms with Crippen LogP contribution in [-0.4, -0.2) is 42.7 Å². The Bertz CT molecular complexity index is 280. The molecule has 0 heterocycles. The normalized spacial score (nSPS) is 12.8. The molecule has 6 heteroatoms. The predicted molar refractivity (Wildman–Crippen MR) is 68.7 cm³/mol. The molecule has 0 saturated carbocycles. The average Bonchev–Trinajstić information content (AvgIpc) is 2.11. The van der Waals surface area contributed by atoms with Crippen LogP contribution in [0.5, 0.6) is 0 Å². The molecule has 0 aromatic carbocycles.